The number of rotatable bonds is 3. The zero-order valence-corrected chi connectivity index (χ0v) is 11.3. The van der Waals surface area contributed by atoms with Crippen LogP contribution >= 0.6 is 22.6 Å². The lowest BCUT2D eigenvalue weighted by molar-refractivity contribution is -0.385. The quantitative estimate of drug-likeness (QED) is 0.503. The molecule has 9 heteroatoms. The Hall–Kier alpha value is -2.04. The Bertz CT molecular complexity index is 703. The summed E-state index contributed by atoms with van der Waals surface area (Å²) >= 11 is 1.69. The largest absolute Gasteiger partial charge is 0.430 e. The van der Waals surface area contributed by atoms with E-state index in [0.717, 1.165) is 24.5 Å². The summed E-state index contributed by atoms with van der Waals surface area (Å²) in [7, 11) is 0. The van der Waals surface area contributed by atoms with Gasteiger partial charge in [0, 0.05) is 0 Å². The van der Waals surface area contributed by atoms with Crippen molar-refractivity contribution in [3.63, 3.8) is 0 Å². The van der Waals surface area contributed by atoms with Gasteiger partial charge < -0.3 is 9.72 Å². The molecule has 1 aromatic heterocycles. The number of aromatic amines is 1. The lowest BCUT2D eigenvalue weighted by Crippen LogP contribution is -2.11. The summed E-state index contributed by atoms with van der Waals surface area (Å²) in [5.74, 6) is -1.03. The first kappa shape index (κ1) is 13.4. The fraction of sp³-hybridized carbons (Fsp3) is 0. The normalized spacial score (nSPS) is 10.2. The number of halogens is 2. The third-order valence-electron chi connectivity index (χ3n) is 2.09. The van der Waals surface area contributed by atoms with Crippen molar-refractivity contribution in [1.29, 1.82) is 0 Å². The van der Waals surface area contributed by atoms with E-state index in [1.165, 1.54) is 0 Å². The zero-order chi connectivity index (χ0) is 14.0. The molecule has 0 aliphatic rings. The zero-order valence-electron chi connectivity index (χ0n) is 9.09. The molecule has 1 heterocycles. The summed E-state index contributed by atoms with van der Waals surface area (Å²) in [6, 6.07) is 2.85. The number of H-pyrrole nitrogens is 1. The van der Waals surface area contributed by atoms with Crippen LogP contribution < -0.4 is 10.3 Å². The SMILES string of the molecule is O=c1[nH]cnc(Oc2ccc(F)cc2[N+](=O)[O-])c1I. The molecule has 0 radical (unpaired) electrons. The number of ether oxygens (including phenoxy) is 1. The van der Waals surface area contributed by atoms with Gasteiger partial charge in [-0.25, -0.2) is 9.37 Å². The van der Waals surface area contributed by atoms with E-state index in [0.29, 0.717) is 0 Å². The Morgan fingerprint density at radius 3 is 2.89 bits per heavy atom. The average molecular weight is 377 g/mol. The van der Waals surface area contributed by atoms with Crippen LogP contribution in [0.2, 0.25) is 0 Å². The van der Waals surface area contributed by atoms with Gasteiger partial charge in [-0.15, -0.1) is 0 Å². The fourth-order valence-electron chi connectivity index (χ4n) is 1.26. The van der Waals surface area contributed by atoms with Gasteiger partial charge in [0.1, 0.15) is 9.39 Å². The summed E-state index contributed by atoms with van der Waals surface area (Å²) in [4.78, 5) is 27.4. The first-order chi connectivity index (χ1) is 8.99. The molecule has 0 atom stereocenters. The standard InChI is InChI=1S/C10H5FIN3O4/c11-5-1-2-7(6(3-5)15(17)18)19-10-8(12)9(16)13-4-14-10/h1-4H,(H,13,14,16). The maximum Gasteiger partial charge on any atom is 0.314 e. The van der Waals surface area contributed by atoms with E-state index in [1.54, 1.807) is 22.6 Å². The van der Waals surface area contributed by atoms with E-state index in [-0.39, 0.29) is 15.2 Å². The summed E-state index contributed by atoms with van der Waals surface area (Å²) in [6.07, 6.45) is 1.11. The molecule has 0 aliphatic carbocycles. The maximum atomic E-state index is 13.0. The molecule has 2 aromatic rings. The molecule has 1 N–H and O–H groups in total. The molecule has 0 bridgehead atoms. The Labute approximate surface area is 118 Å². The molecular weight excluding hydrogens is 372 g/mol. The topological polar surface area (TPSA) is 98.1 Å². The summed E-state index contributed by atoms with van der Waals surface area (Å²) in [6.45, 7) is 0. The molecule has 0 aliphatic heterocycles. The first-order valence-electron chi connectivity index (χ1n) is 4.84. The number of hydrogen-bond acceptors (Lipinski definition) is 5. The van der Waals surface area contributed by atoms with Crippen LogP contribution in [0.4, 0.5) is 10.1 Å². The first-order valence-corrected chi connectivity index (χ1v) is 5.92. The second-order valence-corrected chi connectivity index (χ2v) is 4.40. The van der Waals surface area contributed by atoms with Crippen LogP contribution in [-0.2, 0) is 0 Å². The summed E-state index contributed by atoms with van der Waals surface area (Å²) in [5.41, 5.74) is -0.978. The number of nitrogens with zero attached hydrogens (tertiary/aromatic N) is 2. The van der Waals surface area contributed by atoms with Crippen molar-refractivity contribution in [1.82, 2.24) is 9.97 Å². The number of nitrogens with one attached hydrogen (secondary N) is 1. The molecule has 7 nitrogen and oxygen atoms in total. The van der Waals surface area contributed by atoms with E-state index in [2.05, 4.69) is 9.97 Å². The second-order valence-electron chi connectivity index (χ2n) is 3.32. The number of benzene rings is 1. The minimum atomic E-state index is -0.779. The predicted molar refractivity (Wildman–Crippen MR) is 70.7 cm³/mol. The van der Waals surface area contributed by atoms with Gasteiger partial charge in [-0.05, 0) is 34.7 Å². The van der Waals surface area contributed by atoms with E-state index in [9.17, 15) is 19.3 Å². The van der Waals surface area contributed by atoms with Crippen LogP contribution in [0.5, 0.6) is 11.6 Å². The van der Waals surface area contributed by atoms with E-state index >= 15 is 0 Å². The van der Waals surface area contributed by atoms with Crippen LogP contribution in [0.15, 0.2) is 29.3 Å². The number of nitro benzene ring substituents is 1. The van der Waals surface area contributed by atoms with Crippen molar-refractivity contribution in [3.8, 4) is 11.6 Å². The highest BCUT2D eigenvalue weighted by atomic mass is 127. The molecule has 98 valence electrons. The molecule has 0 amide bonds. The van der Waals surface area contributed by atoms with Crippen molar-refractivity contribution >= 4 is 28.3 Å². The monoisotopic (exact) mass is 377 g/mol. The maximum absolute atomic E-state index is 13.0. The highest BCUT2D eigenvalue weighted by Gasteiger charge is 2.19. The molecule has 1 aromatic carbocycles. The van der Waals surface area contributed by atoms with E-state index in [4.69, 9.17) is 4.74 Å². The van der Waals surface area contributed by atoms with Gasteiger partial charge in [0.2, 0.25) is 11.6 Å². The number of hydrogen-bond donors (Lipinski definition) is 1. The second kappa shape index (κ2) is 5.30. The molecular formula is C10H5FIN3O4. The third kappa shape index (κ3) is 2.86. The number of aromatic nitrogens is 2. The highest BCUT2D eigenvalue weighted by Crippen LogP contribution is 2.31. The summed E-state index contributed by atoms with van der Waals surface area (Å²) < 4.78 is 18.3. The van der Waals surface area contributed by atoms with Crippen LogP contribution in [0.25, 0.3) is 0 Å². The Morgan fingerprint density at radius 2 is 2.21 bits per heavy atom. The van der Waals surface area contributed by atoms with Crippen LogP contribution in [0, 0.1) is 19.5 Å². The van der Waals surface area contributed by atoms with Crippen LogP contribution in [-0.4, -0.2) is 14.9 Å². The highest BCUT2D eigenvalue weighted by molar-refractivity contribution is 14.1. The Balaban J connectivity index is 2.46. The lowest BCUT2D eigenvalue weighted by atomic mass is 10.3. The number of nitro groups is 1. The molecule has 0 spiro atoms. The predicted octanol–water partition coefficient (Wildman–Crippen LogP) is 2.21. The molecule has 19 heavy (non-hydrogen) atoms. The molecule has 0 unspecified atom stereocenters. The van der Waals surface area contributed by atoms with Crippen molar-refractivity contribution in [2.24, 2.45) is 0 Å². The Kier molecular flexibility index (Phi) is 3.74. The van der Waals surface area contributed by atoms with Gasteiger partial charge in [-0.3, -0.25) is 14.9 Å². The summed E-state index contributed by atoms with van der Waals surface area (Å²) in [5, 5.41) is 10.8. The van der Waals surface area contributed by atoms with Gasteiger partial charge in [-0.1, -0.05) is 0 Å². The smallest absolute Gasteiger partial charge is 0.314 e. The molecule has 0 fully saturated rings. The van der Waals surface area contributed by atoms with Gasteiger partial charge in [0.25, 0.3) is 5.56 Å². The lowest BCUT2D eigenvalue weighted by Gasteiger charge is -2.06. The van der Waals surface area contributed by atoms with E-state index < -0.39 is 22.0 Å². The average Bonchev–Trinajstić information content (AvgIpc) is 2.36. The van der Waals surface area contributed by atoms with Gasteiger partial charge in [-0.2, -0.15) is 0 Å². The van der Waals surface area contributed by atoms with Crippen LogP contribution in [0.1, 0.15) is 0 Å². The van der Waals surface area contributed by atoms with Gasteiger partial charge in [0.15, 0.2) is 0 Å². The van der Waals surface area contributed by atoms with Crippen molar-refractivity contribution in [2.75, 3.05) is 0 Å². The van der Waals surface area contributed by atoms with Crippen molar-refractivity contribution in [2.45, 2.75) is 0 Å². The third-order valence-corrected chi connectivity index (χ3v) is 3.04. The minimum absolute atomic E-state index is 0.0842. The van der Waals surface area contributed by atoms with Crippen molar-refractivity contribution in [3.05, 3.63) is 54.4 Å². The molecule has 0 saturated carbocycles. The van der Waals surface area contributed by atoms with Crippen LogP contribution in [0.3, 0.4) is 0 Å². The Morgan fingerprint density at radius 1 is 1.47 bits per heavy atom. The van der Waals surface area contributed by atoms with Gasteiger partial charge in [0.05, 0.1) is 17.3 Å². The van der Waals surface area contributed by atoms with E-state index in [1.807, 2.05) is 0 Å². The fourth-order valence-corrected chi connectivity index (χ4v) is 1.67. The molecule has 2 rings (SSSR count). The minimum Gasteiger partial charge on any atom is -0.430 e. The van der Waals surface area contributed by atoms with Gasteiger partial charge >= 0.3 is 5.69 Å². The molecule has 0 saturated heterocycles. The van der Waals surface area contributed by atoms with Crippen molar-refractivity contribution < 1.29 is 14.1 Å².